The van der Waals surface area contributed by atoms with Gasteiger partial charge in [0.25, 0.3) is 17.4 Å². The Bertz CT molecular complexity index is 1580. The third kappa shape index (κ3) is 6.67. The van der Waals surface area contributed by atoms with Gasteiger partial charge in [-0.2, -0.15) is 0 Å². The van der Waals surface area contributed by atoms with Crippen molar-refractivity contribution in [3.05, 3.63) is 57.1 Å². The SMILES string of the molecule is CSc1cc(C)[nH]c(=O)c1CNC(=O)c1c(C)n(C(C)C2CCC(NC3CC(F)(F)C3)CC2)c2cc(NC(C)=O)ccc12. The molecule has 2 saturated carbocycles. The van der Waals surface area contributed by atoms with Crippen molar-refractivity contribution in [2.45, 2.75) is 102 Å². The highest BCUT2D eigenvalue weighted by atomic mass is 32.2. The molecule has 0 saturated heterocycles. The predicted molar refractivity (Wildman–Crippen MR) is 167 cm³/mol. The zero-order valence-corrected chi connectivity index (χ0v) is 26.2. The lowest BCUT2D eigenvalue weighted by Crippen LogP contribution is -2.52. The summed E-state index contributed by atoms with van der Waals surface area (Å²) in [7, 11) is 0. The van der Waals surface area contributed by atoms with Crippen molar-refractivity contribution in [1.29, 1.82) is 0 Å². The number of anilines is 1. The van der Waals surface area contributed by atoms with Crippen molar-refractivity contribution in [3.8, 4) is 0 Å². The highest BCUT2D eigenvalue weighted by Gasteiger charge is 2.46. The van der Waals surface area contributed by atoms with Crippen molar-refractivity contribution < 1.29 is 18.4 Å². The minimum atomic E-state index is -2.52. The minimum absolute atomic E-state index is 0.0636. The molecule has 2 fully saturated rings. The first-order valence-corrected chi connectivity index (χ1v) is 16.2. The van der Waals surface area contributed by atoms with Crippen LogP contribution in [0.25, 0.3) is 10.9 Å². The standard InChI is InChI=1S/C32H41F2N5O3S/c1-17-12-28(43-5)26(30(41)36-17)16-35-31(42)29-19(3)39(27-13-23(37-20(4)40)10-11-25(27)29)18(2)21-6-8-22(9-7-21)38-24-14-32(33,34)15-24/h10-13,18,21-22,24,38H,6-9,14-16H2,1-5H3,(H,35,42)(H,36,41)(H,37,40). The molecule has 1 atom stereocenters. The summed E-state index contributed by atoms with van der Waals surface area (Å²) in [6, 6.07) is 7.70. The first-order chi connectivity index (χ1) is 20.4. The number of aryl methyl sites for hydroxylation is 1. The highest BCUT2D eigenvalue weighted by molar-refractivity contribution is 7.98. The van der Waals surface area contributed by atoms with Crippen molar-refractivity contribution in [3.63, 3.8) is 0 Å². The van der Waals surface area contributed by atoms with Crippen molar-refractivity contribution >= 4 is 40.2 Å². The van der Waals surface area contributed by atoms with Gasteiger partial charge in [-0.3, -0.25) is 14.4 Å². The number of benzene rings is 1. The molecule has 11 heteroatoms. The Morgan fingerprint density at radius 2 is 1.81 bits per heavy atom. The molecular formula is C32H41F2N5O3S. The van der Waals surface area contributed by atoms with E-state index in [-0.39, 0.29) is 54.9 Å². The second-order valence-electron chi connectivity index (χ2n) is 12.2. The summed E-state index contributed by atoms with van der Waals surface area (Å²) in [6.07, 6.45) is 5.49. The summed E-state index contributed by atoms with van der Waals surface area (Å²) in [5.74, 6) is -2.63. The first-order valence-electron chi connectivity index (χ1n) is 15.0. The number of carbonyl (C=O) groups is 2. The van der Waals surface area contributed by atoms with Gasteiger partial charge in [0.2, 0.25) is 5.91 Å². The van der Waals surface area contributed by atoms with Crippen LogP contribution in [0.3, 0.4) is 0 Å². The Morgan fingerprint density at radius 1 is 1.12 bits per heavy atom. The Kier molecular flexibility index (Phi) is 9.04. The fourth-order valence-corrected chi connectivity index (χ4v) is 7.62. The number of alkyl halides is 2. The van der Waals surface area contributed by atoms with Gasteiger partial charge in [0.05, 0.1) is 11.1 Å². The second-order valence-corrected chi connectivity index (χ2v) is 13.1. The number of halogens is 2. The van der Waals surface area contributed by atoms with Gasteiger partial charge in [0.1, 0.15) is 0 Å². The van der Waals surface area contributed by atoms with Crippen molar-refractivity contribution in [1.82, 2.24) is 20.2 Å². The van der Waals surface area contributed by atoms with E-state index in [9.17, 15) is 23.2 Å². The maximum Gasteiger partial charge on any atom is 0.254 e. The lowest BCUT2D eigenvalue weighted by molar-refractivity contribution is -0.114. The lowest BCUT2D eigenvalue weighted by Gasteiger charge is -2.41. The topological polar surface area (TPSA) is 108 Å². The molecule has 1 aromatic carbocycles. The predicted octanol–water partition coefficient (Wildman–Crippen LogP) is 6.06. The number of hydrogen-bond donors (Lipinski definition) is 4. The minimum Gasteiger partial charge on any atom is -0.348 e. The maximum absolute atomic E-state index is 13.8. The van der Waals surface area contributed by atoms with Gasteiger partial charge in [-0.05, 0) is 82.9 Å². The molecule has 3 aromatic rings. The summed E-state index contributed by atoms with van der Waals surface area (Å²) in [4.78, 5) is 41.9. The summed E-state index contributed by atoms with van der Waals surface area (Å²) in [5.41, 5.74) is 3.95. The molecule has 2 aliphatic carbocycles. The third-order valence-electron chi connectivity index (χ3n) is 9.10. The van der Waals surface area contributed by atoms with Crippen LogP contribution in [0.4, 0.5) is 14.5 Å². The van der Waals surface area contributed by atoms with Crippen LogP contribution in [-0.2, 0) is 11.3 Å². The average molecular weight is 614 g/mol. The van der Waals surface area contributed by atoms with Crippen LogP contribution in [0, 0.1) is 19.8 Å². The average Bonchev–Trinajstić information content (AvgIpc) is 3.21. The molecule has 2 aromatic heterocycles. The van der Waals surface area contributed by atoms with E-state index in [4.69, 9.17) is 0 Å². The van der Waals surface area contributed by atoms with E-state index >= 15 is 0 Å². The fraction of sp³-hybridized carbons (Fsp3) is 0.531. The summed E-state index contributed by atoms with van der Waals surface area (Å²) in [6.45, 7) is 7.50. The van der Waals surface area contributed by atoms with E-state index in [0.717, 1.165) is 52.9 Å². The smallest absolute Gasteiger partial charge is 0.254 e. The number of nitrogens with one attached hydrogen (secondary N) is 4. The first kappa shape index (κ1) is 31.3. The van der Waals surface area contributed by atoms with E-state index in [2.05, 4.69) is 32.4 Å². The lowest BCUT2D eigenvalue weighted by atomic mass is 9.80. The van der Waals surface area contributed by atoms with Crippen LogP contribution in [-0.4, -0.2) is 45.6 Å². The fourth-order valence-electron chi connectivity index (χ4n) is 6.92. The number of aromatic amines is 1. The number of thioether (sulfide) groups is 1. The number of H-pyrrole nitrogens is 1. The molecule has 232 valence electrons. The molecule has 5 rings (SSSR count). The molecule has 2 heterocycles. The van der Waals surface area contributed by atoms with Gasteiger partial charge >= 0.3 is 0 Å². The Balaban J connectivity index is 1.40. The van der Waals surface area contributed by atoms with E-state index in [1.807, 2.05) is 38.3 Å². The van der Waals surface area contributed by atoms with Gasteiger partial charge in [-0.15, -0.1) is 11.8 Å². The number of fused-ring (bicyclic) bond motifs is 1. The van der Waals surface area contributed by atoms with Crippen LogP contribution < -0.4 is 21.5 Å². The molecule has 1 unspecified atom stereocenters. The summed E-state index contributed by atoms with van der Waals surface area (Å²) >= 11 is 1.47. The number of hydrogen-bond acceptors (Lipinski definition) is 5. The zero-order valence-electron chi connectivity index (χ0n) is 25.4. The molecule has 4 N–H and O–H groups in total. The van der Waals surface area contributed by atoms with Crippen LogP contribution in [0.15, 0.2) is 34.0 Å². The Labute approximate surface area is 254 Å². The van der Waals surface area contributed by atoms with Gasteiger partial charge in [-0.25, -0.2) is 8.78 Å². The van der Waals surface area contributed by atoms with E-state index in [1.54, 1.807) is 6.07 Å². The molecule has 0 bridgehead atoms. The number of carbonyl (C=O) groups excluding carboxylic acids is 2. The molecule has 8 nitrogen and oxygen atoms in total. The molecule has 0 radical (unpaired) electrons. The normalized spacial score (nSPS) is 20.9. The molecule has 43 heavy (non-hydrogen) atoms. The van der Waals surface area contributed by atoms with Crippen LogP contribution in [0.1, 0.15) is 85.7 Å². The molecule has 0 spiro atoms. The third-order valence-corrected chi connectivity index (χ3v) is 9.90. The van der Waals surface area contributed by atoms with Gasteiger partial charge in [0, 0.05) is 77.4 Å². The highest BCUT2D eigenvalue weighted by Crippen LogP contribution is 2.41. The Morgan fingerprint density at radius 3 is 2.44 bits per heavy atom. The number of nitrogens with zero attached hydrogens (tertiary/aromatic N) is 1. The zero-order chi connectivity index (χ0) is 31.1. The number of aromatic nitrogens is 2. The molecule has 0 aliphatic heterocycles. The van der Waals surface area contributed by atoms with Crippen molar-refractivity contribution in [2.75, 3.05) is 11.6 Å². The van der Waals surface area contributed by atoms with Crippen LogP contribution in [0.5, 0.6) is 0 Å². The van der Waals surface area contributed by atoms with Gasteiger partial charge < -0.3 is 25.5 Å². The van der Waals surface area contributed by atoms with Gasteiger partial charge in [0.15, 0.2) is 0 Å². The van der Waals surface area contributed by atoms with Crippen LogP contribution in [0.2, 0.25) is 0 Å². The van der Waals surface area contributed by atoms with Crippen LogP contribution >= 0.6 is 11.8 Å². The second kappa shape index (κ2) is 12.4. The summed E-state index contributed by atoms with van der Waals surface area (Å²) < 4.78 is 28.8. The maximum atomic E-state index is 13.8. The summed E-state index contributed by atoms with van der Waals surface area (Å²) in [5, 5.41) is 10.1. The van der Waals surface area contributed by atoms with Gasteiger partial charge in [-0.1, -0.05) is 0 Å². The van der Waals surface area contributed by atoms with E-state index in [1.165, 1.54) is 18.7 Å². The quantitative estimate of drug-likeness (QED) is 0.219. The number of pyridine rings is 1. The van der Waals surface area contributed by atoms with Crippen molar-refractivity contribution in [2.24, 2.45) is 5.92 Å². The largest absolute Gasteiger partial charge is 0.348 e. The molecular weight excluding hydrogens is 572 g/mol. The monoisotopic (exact) mass is 613 g/mol. The number of rotatable bonds is 9. The van der Waals surface area contributed by atoms with E-state index in [0.29, 0.717) is 22.7 Å². The molecule has 2 amide bonds. The van der Waals surface area contributed by atoms with E-state index < -0.39 is 5.92 Å². The number of amides is 2. The molecule has 2 aliphatic rings. The Hall–Kier alpha value is -3.18.